The van der Waals surface area contributed by atoms with Crippen LogP contribution in [-0.4, -0.2) is 35.3 Å². The lowest BCUT2D eigenvalue weighted by Crippen LogP contribution is -2.18. The average Bonchev–Trinajstić information content (AvgIpc) is 2.85. The summed E-state index contributed by atoms with van der Waals surface area (Å²) in [6, 6.07) is 18.8. The van der Waals surface area contributed by atoms with Gasteiger partial charge in [-0.2, -0.15) is 5.10 Å². The lowest BCUT2D eigenvalue weighted by atomic mass is 10.1. The maximum Gasteiger partial charge on any atom is 0.100 e. The summed E-state index contributed by atoms with van der Waals surface area (Å²) in [6.07, 6.45) is 0. The summed E-state index contributed by atoms with van der Waals surface area (Å²) in [4.78, 5) is 2.18. The van der Waals surface area contributed by atoms with E-state index < -0.39 is 0 Å². The molecular formula is C17H19N3. The topological polar surface area (TPSA) is 21.1 Å². The molecule has 3 rings (SSSR count). The third kappa shape index (κ3) is 2.45. The standard InChI is InChI=1S/C17H19N3/c1-19(2)12-13-20-16-11-7-6-10-15(16)17(18-20)14-8-4-3-5-9-14/h3-11H,12-13H2,1-2H3. The van der Waals surface area contributed by atoms with E-state index in [4.69, 9.17) is 5.10 Å². The van der Waals surface area contributed by atoms with Crippen molar-refractivity contribution < 1.29 is 0 Å². The van der Waals surface area contributed by atoms with Gasteiger partial charge in [0.15, 0.2) is 0 Å². The number of benzene rings is 2. The van der Waals surface area contributed by atoms with Crippen LogP contribution in [0.15, 0.2) is 54.6 Å². The van der Waals surface area contributed by atoms with Crippen LogP contribution in [0.2, 0.25) is 0 Å². The van der Waals surface area contributed by atoms with Crippen LogP contribution in [0.1, 0.15) is 0 Å². The van der Waals surface area contributed by atoms with Crippen LogP contribution in [0.5, 0.6) is 0 Å². The molecule has 1 heterocycles. The van der Waals surface area contributed by atoms with Gasteiger partial charge in [0.25, 0.3) is 0 Å². The van der Waals surface area contributed by atoms with Crippen molar-refractivity contribution in [1.82, 2.24) is 14.7 Å². The fourth-order valence-corrected chi connectivity index (χ4v) is 2.40. The van der Waals surface area contributed by atoms with E-state index in [0.717, 1.165) is 18.8 Å². The first kappa shape index (κ1) is 12.9. The minimum Gasteiger partial charge on any atom is -0.308 e. The van der Waals surface area contributed by atoms with Crippen LogP contribution in [0, 0.1) is 0 Å². The second kappa shape index (κ2) is 5.47. The number of para-hydroxylation sites is 1. The molecule has 0 N–H and O–H groups in total. The predicted octanol–water partition coefficient (Wildman–Crippen LogP) is 3.26. The van der Waals surface area contributed by atoms with Crippen molar-refractivity contribution in [3.05, 3.63) is 54.6 Å². The third-order valence-electron chi connectivity index (χ3n) is 3.46. The van der Waals surface area contributed by atoms with Crippen molar-refractivity contribution in [3.8, 4) is 11.3 Å². The smallest absolute Gasteiger partial charge is 0.100 e. The van der Waals surface area contributed by atoms with Crippen molar-refractivity contribution >= 4 is 10.9 Å². The SMILES string of the molecule is CN(C)CCn1nc(-c2ccccc2)c2ccccc21. The molecule has 0 atom stereocenters. The van der Waals surface area contributed by atoms with Crippen LogP contribution < -0.4 is 0 Å². The Labute approximate surface area is 119 Å². The van der Waals surface area contributed by atoms with E-state index in [1.807, 2.05) is 6.07 Å². The zero-order valence-corrected chi connectivity index (χ0v) is 12.0. The molecule has 1 aromatic heterocycles. The lowest BCUT2D eigenvalue weighted by Gasteiger charge is -2.09. The van der Waals surface area contributed by atoms with E-state index in [9.17, 15) is 0 Å². The Morgan fingerprint density at radius 2 is 1.65 bits per heavy atom. The Bertz CT molecular complexity index is 699. The number of hydrogen-bond donors (Lipinski definition) is 0. The van der Waals surface area contributed by atoms with Crippen LogP contribution in [0.25, 0.3) is 22.2 Å². The van der Waals surface area contributed by atoms with Crippen LogP contribution in [0.4, 0.5) is 0 Å². The van der Waals surface area contributed by atoms with Crippen LogP contribution >= 0.6 is 0 Å². The normalized spacial score (nSPS) is 11.3. The molecule has 3 heteroatoms. The summed E-state index contributed by atoms with van der Waals surface area (Å²) < 4.78 is 2.11. The van der Waals surface area contributed by atoms with Crippen molar-refractivity contribution in [2.45, 2.75) is 6.54 Å². The molecule has 0 bridgehead atoms. The van der Waals surface area contributed by atoms with Gasteiger partial charge in [-0.15, -0.1) is 0 Å². The molecular weight excluding hydrogens is 246 g/mol. The monoisotopic (exact) mass is 265 g/mol. The fraction of sp³-hybridized carbons (Fsp3) is 0.235. The molecule has 2 aromatic carbocycles. The first-order chi connectivity index (χ1) is 9.75. The van der Waals surface area contributed by atoms with Gasteiger partial charge in [-0.25, -0.2) is 0 Å². The highest BCUT2D eigenvalue weighted by molar-refractivity contribution is 5.93. The largest absolute Gasteiger partial charge is 0.308 e. The van der Waals surface area contributed by atoms with E-state index in [-0.39, 0.29) is 0 Å². The third-order valence-corrected chi connectivity index (χ3v) is 3.46. The Hall–Kier alpha value is -2.13. The van der Waals surface area contributed by atoms with Crippen LogP contribution in [-0.2, 0) is 6.54 Å². The zero-order chi connectivity index (χ0) is 13.9. The summed E-state index contributed by atoms with van der Waals surface area (Å²) in [5.41, 5.74) is 3.44. The first-order valence-corrected chi connectivity index (χ1v) is 6.91. The minimum atomic E-state index is 0.903. The summed E-state index contributed by atoms with van der Waals surface area (Å²) in [6.45, 7) is 1.89. The average molecular weight is 265 g/mol. The molecule has 0 amide bonds. The molecule has 0 spiro atoms. The maximum atomic E-state index is 4.82. The van der Waals surface area contributed by atoms with E-state index in [2.05, 4.69) is 72.2 Å². The Morgan fingerprint density at radius 3 is 2.40 bits per heavy atom. The fourth-order valence-electron chi connectivity index (χ4n) is 2.40. The molecule has 0 saturated heterocycles. The second-order valence-corrected chi connectivity index (χ2v) is 5.26. The minimum absolute atomic E-state index is 0.903. The first-order valence-electron chi connectivity index (χ1n) is 6.91. The van der Waals surface area contributed by atoms with E-state index in [1.54, 1.807) is 0 Å². The number of hydrogen-bond acceptors (Lipinski definition) is 2. The number of nitrogens with zero attached hydrogens (tertiary/aromatic N) is 3. The van der Waals surface area contributed by atoms with Gasteiger partial charge in [0.2, 0.25) is 0 Å². The molecule has 3 nitrogen and oxygen atoms in total. The molecule has 0 aliphatic carbocycles. The summed E-state index contributed by atoms with van der Waals surface area (Å²) in [7, 11) is 4.17. The van der Waals surface area contributed by atoms with Crippen molar-refractivity contribution in [1.29, 1.82) is 0 Å². The quantitative estimate of drug-likeness (QED) is 0.722. The van der Waals surface area contributed by atoms with Gasteiger partial charge in [-0.05, 0) is 20.2 Å². The van der Waals surface area contributed by atoms with Gasteiger partial charge in [0.05, 0.1) is 12.1 Å². The number of likely N-dealkylation sites (N-methyl/N-ethyl adjacent to an activating group) is 1. The molecule has 0 aliphatic rings. The highest BCUT2D eigenvalue weighted by Crippen LogP contribution is 2.27. The number of aromatic nitrogens is 2. The Balaban J connectivity index is 2.09. The van der Waals surface area contributed by atoms with E-state index >= 15 is 0 Å². The van der Waals surface area contributed by atoms with Crippen LogP contribution in [0.3, 0.4) is 0 Å². The second-order valence-electron chi connectivity index (χ2n) is 5.26. The van der Waals surface area contributed by atoms with Gasteiger partial charge in [-0.3, -0.25) is 4.68 Å². The number of rotatable bonds is 4. The molecule has 20 heavy (non-hydrogen) atoms. The zero-order valence-electron chi connectivity index (χ0n) is 12.0. The van der Waals surface area contributed by atoms with Gasteiger partial charge >= 0.3 is 0 Å². The van der Waals surface area contributed by atoms with E-state index in [1.165, 1.54) is 16.5 Å². The lowest BCUT2D eigenvalue weighted by molar-refractivity contribution is 0.377. The van der Waals surface area contributed by atoms with Gasteiger partial charge in [0, 0.05) is 17.5 Å². The number of fused-ring (bicyclic) bond motifs is 1. The molecule has 0 aliphatic heterocycles. The molecule has 0 fully saturated rings. The van der Waals surface area contributed by atoms with Gasteiger partial charge in [-0.1, -0.05) is 48.5 Å². The highest BCUT2D eigenvalue weighted by Gasteiger charge is 2.11. The van der Waals surface area contributed by atoms with Crippen molar-refractivity contribution in [2.24, 2.45) is 0 Å². The Morgan fingerprint density at radius 1 is 0.950 bits per heavy atom. The van der Waals surface area contributed by atoms with Gasteiger partial charge in [0.1, 0.15) is 5.69 Å². The molecule has 0 saturated carbocycles. The summed E-state index contributed by atoms with van der Waals surface area (Å²) in [5, 5.41) is 6.04. The summed E-state index contributed by atoms with van der Waals surface area (Å²) >= 11 is 0. The van der Waals surface area contributed by atoms with Gasteiger partial charge < -0.3 is 4.90 Å². The maximum absolute atomic E-state index is 4.82. The molecule has 102 valence electrons. The Kier molecular flexibility index (Phi) is 3.52. The molecule has 0 unspecified atom stereocenters. The van der Waals surface area contributed by atoms with Crippen molar-refractivity contribution in [3.63, 3.8) is 0 Å². The summed E-state index contributed by atoms with van der Waals surface area (Å²) in [5.74, 6) is 0. The molecule has 3 aromatic rings. The van der Waals surface area contributed by atoms with E-state index in [0.29, 0.717) is 0 Å². The highest BCUT2D eigenvalue weighted by atomic mass is 15.3. The van der Waals surface area contributed by atoms with Crippen molar-refractivity contribution in [2.75, 3.05) is 20.6 Å². The molecule has 0 radical (unpaired) electrons. The predicted molar refractivity (Wildman–Crippen MR) is 83.7 cm³/mol.